The molecule has 0 aliphatic carbocycles. The van der Waals surface area contributed by atoms with Crippen molar-refractivity contribution in [1.82, 2.24) is 0 Å². The number of azo groups is 4. The number of phenolic OH excluding ortho intramolecular Hbond substituents is 3. The van der Waals surface area contributed by atoms with Gasteiger partial charge in [0.25, 0.3) is 40.5 Å². The lowest BCUT2D eigenvalue weighted by Crippen LogP contribution is -2.02. The molecule has 0 unspecified atom stereocenters. The molecule has 0 atom stereocenters. The molecule has 0 saturated heterocycles. The number of hydrogen-bond donors (Lipinski definition) is 12. The smallest absolute Gasteiger partial charge is 0.296 e. The average Bonchev–Trinajstić information content (AvgIpc) is 0.858. The second-order valence-corrected chi connectivity index (χ2v) is 25.3. The standard InChI is InChI=1S/C44H33N9O29S8/c1-73-19-3-5-24(30(11-19)84-80-76-58)46-53-41-36(90(70,71)72)10-17-7-29(83-79-75-57)26(13-21(17)43(41)55)48-50-28-16-33(87(61,62)63)23-15-32(86-82-78-60)40(44(56)37(23)38(28)45)52-49-27-14-22-18(9-34(27)88(64,65)66)8-31(85-81-77-59)39(42(22)54)51-47-25-6-4-20(74-2)12-35(25)89(67,68)69/h3-16,54-60H,45H2,1-2H3,(H,61,62,63)(H,64,65,66)(H,67,68,69)(H,70,71,72). The number of nitrogen functional groups attached to an aromatic ring is 1. The van der Waals surface area contributed by atoms with Gasteiger partial charge in [-0.05, 0) is 89.6 Å². The van der Waals surface area contributed by atoms with Crippen LogP contribution in [0.25, 0.3) is 32.3 Å². The van der Waals surface area contributed by atoms with Gasteiger partial charge in [0.05, 0.1) is 93.0 Å². The zero-order chi connectivity index (χ0) is 65.6. The maximum atomic E-state index is 13.1. The number of phenols is 3. The molecule has 0 fully saturated rings. The third kappa shape index (κ3) is 15.2. The van der Waals surface area contributed by atoms with Gasteiger partial charge >= 0.3 is 0 Å². The highest BCUT2D eigenvalue weighted by molar-refractivity contribution is 7.95. The van der Waals surface area contributed by atoms with E-state index in [0.29, 0.717) is 24.2 Å². The van der Waals surface area contributed by atoms with E-state index in [0.717, 1.165) is 48.5 Å². The Kier molecular flexibility index (Phi) is 21.4. The van der Waals surface area contributed by atoms with E-state index >= 15 is 0 Å². The van der Waals surface area contributed by atoms with Crippen LogP contribution < -0.4 is 15.2 Å². The highest BCUT2D eigenvalue weighted by Crippen LogP contribution is 2.53. The highest BCUT2D eigenvalue weighted by atomic mass is 32.2. The Balaban J connectivity index is 1.30. The summed E-state index contributed by atoms with van der Waals surface area (Å²) in [5, 5.41) is 114. The SMILES string of the molecule is COc1ccc(N=Nc2c(S(=O)(=O)O)cc3cc(SOOO)c(N=Nc4cc(S(=O)(=O)O)c5cc(SOOO)c(N=Nc6cc7c(O)c(N=Nc8ccc(OC)cc8S(=O)(=O)O)c(SOOO)cc7cc6S(=O)(=O)O)c(O)c5c4N)cc3c2O)c(SOOO)c1. The van der Waals surface area contributed by atoms with Crippen molar-refractivity contribution in [3.05, 3.63) is 84.9 Å². The molecule has 0 aliphatic rings. The van der Waals surface area contributed by atoms with Crippen molar-refractivity contribution in [1.29, 1.82) is 0 Å². The predicted molar refractivity (Wildman–Crippen MR) is 306 cm³/mol. The lowest BCUT2D eigenvalue weighted by atomic mass is 10.0. The first kappa shape index (κ1) is 68.2. The average molecular weight is 1410 g/mol. The number of benzene rings is 8. The zero-order valence-corrected chi connectivity index (χ0v) is 50.3. The van der Waals surface area contributed by atoms with Crippen LogP contribution >= 0.6 is 48.2 Å². The summed E-state index contributed by atoms with van der Waals surface area (Å²) in [4.78, 5) is -5.18. The van der Waals surface area contributed by atoms with Crippen LogP contribution in [-0.4, -0.2) is 102 Å². The molecular weight excluding hydrogens is 1380 g/mol. The molecule has 90 heavy (non-hydrogen) atoms. The van der Waals surface area contributed by atoms with Gasteiger partial charge in [-0.25, -0.2) is 21.0 Å². The first-order valence-electron chi connectivity index (χ1n) is 22.9. The number of fused-ring (bicyclic) bond motifs is 3. The Labute approximate surface area is 518 Å². The summed E-state index contributed by atoms with van der Waals surface area (Å²) >= 11 is 0.672. The summed E-state index contributed by atoms with van der Waals surface area (Å²) in [6, 6.07) is 14.0. The number of nitrogens with zero attached hydrogens (tertiary/aromatic N) is 8. The molecule has 8 aromatic rings. The van der Waals surface area contributed by atoms with Gasteiger partial charge in [-0.1, -0.05) is 20.2 Å². The van der Waals surface area contributed by atoms with Crippen LogP contribution in [0.2, 0.25) is 0 Å². The number of rotatable bonds is 26. The molecule has 13 N–H and O–H groups in total. The van der Waals surface area contributed by atoms with E-state index in [4.69, 9.17) is 36.2 Å². The van der Waals surface area contributed by atoms with Crippen LogP contribution in [0.1, 0.15) is 0 Å². The second kappa shape index (κ2) is 28.2. The number of methoxy groups -OCH3 is 2. The van der Waals surface area contributed by atoms with Gasteiger partial charge < -0.3 is 30.5 Å². The fraction of sp³-hybridized carbons (Fsp3) is 0.0455. The van der Waals surface area contributed by atoms with Gasteiger partial charge in [0, 0.05) is 22.2 Å². The van der Waals surface area contributed by atoms with Crippen molar-refractivity contribution in [2.24, 2.45) is 40.9 Å². The van der Waals surface area contributed by atoms with E-state index in [-0.39, 0.29) is 84.2 Å². The van der Waals surface area contributed by atoms with Crippen molar-refractivity contribution in [2.75, 3.05) is 20.0 Å². The normalized spacial score (nSPS) is 12.8. The molecular formula is C44H33N9O29S8. The van der Waals surface area contributed by atoms with E-state index in [1.807, 2.05) is 0 Å². The van der Waals surface area contributed by atoms with Gasteiger partial charge in [-0.15, -0.1) is 58.2 Å². The minimum absolute atomic E-state index is 0.0235. The molecule has 8 rings (SSSR count). The lowest BCUT2D eigenvalue weighted by Gasteiger charge is -2.15. The molecule has 0 amide bonds. The van der Waals surface area contributed by atoms with E-state index < -0.39 is 144 Å². The van der Waals surface area contributed by atoms with E-state index in [9.17, 15) is 67.2 Å². The fourth-order valence-electron chi connectivity index (χ4n) is 7.88. The predicted octanol–water partition coefficient (Wildman–Crippen LogP) is 12.2. The van der Waals surface area contributed by atoms with Crippen molar-refractivity contribution in [3.63, 3.8) is 0 Å². The summed E-state index contributed by atoms with van der Waals surface area (Å²) in [6.07, 6.45) is 0. The van der Waals surface area contributed by atoms with Crippen LogP contribution in [0.15, 0.2) is 165 Å². The molecule has 46 heteroatoms. The Hall–Kier alpha value is -7.70. The molecule has 0 bridgehead atoms. The molecule has 0 radical (unpaired) electrons. The molecule has 0 heterocycles. The Morgan fingerprint density at radius 3 is 1.32 bits per heavy atom. The summed E-state index contributed by atoms with van der Waals surface area (Å²) in [5.41, 5.74) is 0.746. The van der Waals surface area contributed by atoms with E-state index in [1.165, 1.54) is 38.5 Å². The Morgan fingerprint density at radius 1 is 0.378 bits per heavy atom. The topological polar surface area (TPSA) is 576 Å². The number of nitrogens with two attached hydrogens (primary N) is 1. The van der Waals surface area contributed by atoms with Gasteiger partial charge in [-0.3, -0.25) is 18.2 Å². The van der Waals surface area contributed by atoms with Crippen LogP contribution in [0.3, 0.4) is 0 Å². The summed E-state index contributed by atoms with van der Waals surface area (Å²) in [6.45, 7) is 0. The minimum atomic E-state index is -5.46. The molecule has 476 valence electrons. The summed E-state index contributed by atoms with van der Waals surface area (Å²) in [5.74, 6) is -2.95. The molecule has 0 aromatic heterocycles. The van der Waals surface area contributed by atoms with Crippen LogP contribution in [-0.2, 0) is 78.0 Å². The quantitative estimate of drug-likeness (QED) is 0.00598. The van der Waals surface area contributed by atoms with Gasteiger partial charge in [0.15, 0.2) is 17.2 Å². The number of ether oxygens (including phenoxy) is 2. The highest BCUT2D eigenvalue weighted by Gasteiger charge is 2.29. The van der Waals surface area contributed by atoms with E-state index in [1.54, 1.807) is 0 Å². The molecule has 0 spiro atoms. The van der Waals surface area contributed by atoms with Gasteiger partial charge in [0.2, 0.25) is 0 Å². The van der Waals surface area contributed by atoms with E-state index in [2.05, 4.69) is 78.4 Å². The van der Waals surface area contributed by atoms with Crippen molar-refractivity contribution < 1.29 is 135 Å². The molecule has 0 saturated carbocycles. The maximum absolute atomic E-state index is 13.1. The fourth-order valence-corrected chi connectivity index (χ4v) is 12.4. The summed E-state index contributed by atoms with van der Waals surface area (Å²) in [7, 11) is -18.6. The molecule has 8 aromatic carbocycles. The van der Waals surface area contributed by atoms with Crippen molar-refractivity contribution in [3.8, 4) is 28.7 Å². The van der Waals surface area contributed by atoms with Crippen LogP contribution in [0.4, 0.5) is 51.2 Å². The summed E-state index contributed by atoms with van der Waals surface area (Å²) < 4.78 is 172. The van der Waals surface area contributed by atoms with Gasteiger partial charge in [0.1, 0.15) is 76.6 Å². The molecule has 38 nitrogen and oxygen atoms in total. The maximum Gasteiger partial charge on any atom is 0.296 e. The Morgan fingerprint density at radius 2 is 0.778 bits per heavy atom. The third-order valence-electron chi connectivity index (χ3n) is 11.7. The van der Waals surface area contributed by atoms with Gasteiger partial charge in [-0.2, -0.15) is 33.7 Å². The largest absolute Gasteiger partial charge is 0.505 e. The number of hydrogen-bond acceptors (Lipinski definition) is 38. The number of aromatic hydroxyl groups is 3. The third-order valence-corrected chi connectivity index (χ3v) is 17.7. The minimum Gasteiger partial charge on any atom is -0.505 e. The first-order chi connectivity index (χ1) is 42.6. The van der Waals surface area contributed by atoms with Crippen LogP contribution in [0.5, 0.6) is 28.7 Å². The lowest BCUT2D eigenvalue weighted by molar-refractivity contribution is -0.432. The number of anilines is 1. The first-order valence-corrected chi connectivity index (χ1v) is 31.6. The second-order valence-electron chi connectivity index (χ2n) is 16.8. The van der Waals surface area contributed by atoms with Crippen molar-refractivity contribution in [2.45, 2.75) is 39.2 Å². The monoisotopic (exact) mass is 1410 g/mol. The zero-order valence-electron chi connectivity index (χ0n) is 43.8. The van der Waals surface area contributed by atoms with Crippen molar-refractivity contribution >= 4 is 172 Å². The Bertz CT molecular complexity index is 4780. The van der Waals surface area contributed by atoms with Crippen LogP contribution in [0, 0.1) is 0 Å². The molecule has 0 aliphatic heterocycles.